The molecule has 4 rings (SSSR count). The van der Waals surface area contributed by atoms with Gasteiger partial charge in [-0.2, -0.15) is 0 Å². The van der Waals surface area contributed by atoms with E-state index in [1.807, 2.05) is 38.1 Å². The molecule has 7 nitrogen and oxygen atoms in total. The first kappa shape index (κ1) is 17.6. The highest BCUT2D eigenvalue weighted by Gasteiger charge is 2.37. The van der Waals surface area contributed by atoms with Gasteiger partial charge in [-0.15, -0.1) is 0 Å². The van der Waals surface area contributed by atoms with E-state index in [4.69, 9.17) is 13.7 Å². The second kappa shape index (κ2) is 7.06. The lowest BCUT2D eigenvalue weighted by Gasteiger charge is -2.31. The van der Waals surface area contributed by atoms with Gasteiger partial charge in [0.2, 0.25) is 5.91 Å². The second-order valence-electron chi connectivity index (χ2n) is 7.06. The molecule has 0 aliphatic heterocycles. The summed E-state index contributed by atoms with van der Waals surface area (Å²) in [6, 6.07) is 7.48. The molecule has 0 spiro atoms. The van der Waals surface area contributed by atoms with Crippen molar-refractivity contribution >= 4 is 17.0 Å². The van der Waals surface area contributed by atoms with Gasteiger partial charge >= 0.3 is 0 Å². The van der Waals surface area contributed by atoms with E-state index in [0.29, 0.717) is 18.3 Å². The van der Waals surface area contributed by atoms with Gasteiger partial charge in [-0.3, -0.25) is 4.79 Å². The summed E-state index contributed by atoms with van der Waals surface area (Å²) < 4.78 is 16.9. The van der Waals surface area contributed by atoms with E-state index in [2.05, 4.69) is 15.5 Å². The standard InChI is InChI=1S/C20H23N3O4/c1-4-25-15-5-6-16-19(9-15)26-20(22-16)14-7-13(8-14)17-10-18(27-23-17)11(2)21-12(3)24/h5-6,9-11,13-14H,4,7-8H2,1-3H3,(H,21,24)/t11-,13?,14?/m0/s1. The highest BCUT2D eigenvalue weighted by atomic mass is 16.5. The molecule has 2 heterocycles. The Morgan fingerprint density at radius 1 is 1.33 bits per heavy atom. The Hall–Kier alpha value is -2.83. The normalized spacial score (nSPS) is 20.3. The molecule has 0 radical (unpaired) electrons. The molecule has 1 aliphatic rings. The van der Waals surface area contributed by atoms with Crippen LogP contribution in [0.2, 0.25) is 0 Å². The van der Waals surface area contributed by atoms with Gasteiger partial charge in [0.15, 0.2) is 17.2 Å². The molecule has 7 heteroatoms. The van der Waals surface area contributed by atoms with Crippen molar-refractivity contribution in [3.63, 3.8) is 0 Å². The molecule has 1 aliphatic carbocycles. The number of hydrogen-bond acceptors (Lipinski definition) is 6. The van der Waals surface area contributed by atoms with Crippen molar-refractivity contribution in [2.75, 3.05) is 6.61 Å². The van der Waals surface area contributed by atoms with E-state index >= 15 is 0 Å². The number of rotatable bonds is 6. The summed E-state index contributed by atoms with van der Waals surface area (Å²) in [5.41, 5.74) is 2.53. The summed E-state index contributed by atoms with van der Waals surface area (Å²) in [5.74, 6) is 2.76. The fraction of sp³-hybridized carbons (Fsp3) is 0.450. The summed E-state index contributed by atoms with van der Waals surface area (Å²) in [6.45, 7) is 5.94. The smallest absolute Gasteiger partial charge is 0.217 e. The van der Waals surface area contributed by atoms with Gasteiger partial charge < -0.3 is 19.0 Å². The van der Waals surface area contributed by atoms with Gasteiger partial charge in [-0.25, -0.2) is 4.98 Å². The van der Waals surface area contributed by atoms with E-state index in [1.54, 1.807) is 0 Å². The van der Waals surface area contributed by atoms with E-state index in [-0.39, 0.29) is 17.9 Å². The van der Waals surface area contributed by atoms with Crippen molar-refractivity contribution in [3.8, 4) is 5.75 Å². The molecule has 3 aromatic rings. The lowest BCUT2D eigenvalue weighted by Crippen LogP contribution is -2.23. The predicted molar refractivity (Wildman–Crippen MR) is 98.6 cm³/mol. The Morgan fingerprint density at radius 3 is 2.89 bits per heavy atom. The molecule has 0 unspecified atom stereocenters. The first-order valence-electron chi connectivity index (χ1n) is 9.30. The van der Waals surface area contributed by atoms with Crippen LogP contribution in [0.15, 0.2) is 33.2 Å². The van der Waals surface area contributed by atoms with Gasteiger partial charge in [0.1, 0.15) is 11.3 Å². The van der Waals surface area contributed by atoms with Crippen molar-refractivity contribution in [3.05, 3.63) is 41.6 Å². The fourth-order valence-corrected chi connectivity index (χ4v) is 3.49. The number of carbonyl (C=O) groups excluding carboxylic acids is 1. The SMILES string of the molecule is CCOc1ccc2nc(C3CC(c4cc([C@H](C)NC(C)=O)on4)C3)oc2c1. The average molecular weight is 369 g/mol. The third-order valence-electron chi connectivity index (χ3n) is 4.99. The first-order chi connectivity index (χ1) is 13.0. The number of amides is 1. The maximum Gasteiger partial charge on any atom is 0.217 e. The number of nitrogens with zero attached hydrogens (tertiary/aromatic N) is 2. The van der Waals surface area contributed by atoms with Gasteiger partial charge in [0.05, 0.1) is 18.3 Å². The minimum atomic E-state index is -0.184. The number of fused-ring (bicyclic) bond motifs is 1. The van der Waals surface area contributed by atoms with Crippen LogP contribution in [-0.2, 0) is 4.79 Å². The lowest BCUT2D eigenvalue weighted by atomic mass is 9.73. The zero-order valence-electron chi connectivity index (χ0n) is 15.7. The Morgan fingerprint density at radius 2 is 2.15 bits per heavy atom. The topological polar surface area (TPSA) is 90.4 Å². The molecule has 1 fully saturated rings. The molecular weight excluding hydrogens is 346 g/mol. The first-order valence-corrected chi connectivity index (χ1v) is 9.30. The number of hydrogen-bond donors (Lipinski definition) is 1. The molecule has 27 heavy (non-hydrogen) atoms. The molecule has 1 atom stereocenters. The van der Waals surface area contributed by atoms with E-state index in [0.717, 1.165) is 41.3 Å². The maximum absolute atomic E-state index is 11.2. The van der Waals surface area contributed by atoms with Crippen LogP contribution in [0.25, 0.3) is 11.1 Å². The van der Waals surface area contributed by atoms with Crippen molar-refractivity contribution in [1.82, 2.24) is 15.5 Å². The molecular formula is C20H23N3O4. The Kier molecular flexibility index (Phi) is 4.59. The van der Waals surface area contributed by atoms with Crippen LogP contribution in [-0.4, -0.2) is 22.7 Å². The molecule has 0 saturated heterocycles. The third kappa shape index (κ3) is 3.54. The monoisotopic (exact) mass is 369 g/mol. The largest absolute Gasteiger partial charge is 0.494 e. The van der Waals surface area contributed by atoms with Crippen LogP contribution in [0.3, 0.4) is 0 Å². The summed E-state index contributed by atoms with van der Waals surface area (Å²) in [7, 11) is 0. The summed E-state index contributed by atoms with van der Waals surface area (Å²) in [5, 5.41) is 6.98. The van der Waals surface area contributed by atoms with Crippen molar-refractivity contribution < 1.29 is 18.5 Å². The van der Waals surface area contributed by atoms with Crippen LogP contribution >= 0.6 is 0 Å². The molecule has 1 N–H and O–H groups in total. The molecule has 1 saturated carbocycles. The molecule has 1 amide bonds. The van der Waals surface area contributed by atoms with Crippen molar-refractivity contribution in [1.29, 1.82) is 0 Å². The number of carbonyl (C=O) groups is 1. The maximum atomic E-state index is 11.2. The van der Waals surface area contributed by atoms with Crippen LogP contribution in [0.1, 0.15) is 68.8 Å². The summed E-state index contributed by atoms with van der Waals surface area (Å²) in [4.78, 5) is 15.8. The van der Waals surface area contributed by atoms with Gasteiger partial charge in [0, 0.05) is 30.9 Å². The van der Waals surface area contributed by atoms with E-state index in [9.17, 15) is 4.79 Å². The van der Waals surface area contributed by atoms with Crippen LogP contribution in [0.5, 0.6) is 5.75 Å². The van der Waals surface area contributed by atoms with Gasteiger partial charge in [0.25, 0.3) is 0 Å². The lowest BCUT2D eigenvalue weighted by molar-refractivity contribution is -0.119. The van der Waals surface area contributed by atoms with Crippen molar-refractivity contribution in [2.45, 2.75) is 51.5 Å². The van der Waals surface area contributed by atoms with Crippen LogP contribution < -0.4 is 10.1 Å². The number of ether oxygens (including phenoxy) is 1. The van der Waals surface area contributed by atoms with E-state index < -0.39 is 0 Å². The third-order valence-corrected chi connectivity index (χ3v) is 4.99. The zero-order valence-corrected chi connectivity index (χ0v) is 15.7. The number of aromatic nitrogens is 2. The van der Waals surface area contributed by atoms with E-state index in [1.165, 1.54) is 6.92 Å². The number of benzene rings is 1. The second-order valence-corrected chi connectivity index (χ2v) is 7.06. The zero-order chi connectivity index (χ0) is 19.0. The Bertz CT molecular complexity index is 955. The molecule has 0 bridgehead atoms. The number of nitrogens with one attached hydrogen (secondary N) is 1. The highest BCUT2D eigenvalue weighted by Crippen LogP contribution is 2.47. The molecule has 1 aromatic carbocycles. The van der Waals surface area contributed by atoms with Gasteiger partial charge in [-0.1, -0.05) is 5.16 Å². The van der Waals surface area contributed by atoms with Gasteiger partial charge in [-0.05, 0) is 38.8 Å². The van der Waals surface area contributed by atoms with Crippen LogP contribution in [0.4, 0.5) is 0 Å². The highest BCUT2D eigenvalue weighted by molar-refractivity contribution is 5.74. The average Bonchev–Trinajstić information content (AvgIpc) is 3.20. The Labute approximate surface area is 157 Å². The summed E-state index contributed by atoms with van der Waals surface area (Å²) >= 11 is 0. The fourth-order valence-electron chi connectivity index (χ4n) is 3.49. The summed E-state index contributed by atoms with van der Waals surface area (Å²) in [6.07, 6.45) is 1.84. The quantitative estimate of drug-likeness (QED) is 0.704. The Balaban J connectivity index is 1.41. The molecule has 2 aromatic heterocycles. The minimum absolute atomic E-state index is 0.0902. The molecule has 142 valence electrons. The van der Waals surface area contributed by atoms with Crippen molar-refractivity contribution in [2.24, 2.45) is 0 Å². The predicted octanol–water partition coefficient (Wildman–Crippen LogP) is 4.07. The number of oxazole rings is 1. The minimum Gasteiger partial charge on any atom is -0.494 e. The van der Waals surface area contributed by atoms with Crippen LogP contribution in [0, 0.1) is 0 Å².